The summed E-state index contributed by atoms with van der Waals surface area (Å²) in [5.74, 6) is -0.821. The standard InChI is InChI=1S/C12H24N4O2.C6H4F2/c1-9-6-15(12(17)14-2)3-4-16(9)11-5-10(13)7-18-8-11;7-5-1-2-6(8)4-3-5/h9-11H,3-8,13H2,1-2H3,(H,14,17);1-4H. The van der Waals surface area contributed by atoms with E-state index in [0.717, 1.165) is 56.9 Å². The molecule has 2 fully saturated rings. The largest absolute Gasteiger partial charge is 0.378 e. The average Bonchev–Trinajstić information content (AvgIpc) is 2.64. The van der Waals surface area contributed by atoms with Crippen LogP contribution in [0.5, 0.6) is 0 Å². The van der Waals surface area contributed by atoms with Crippen LogP contribution in [0.25, 0.3) is 0 Å². The summed E-state index contributed by atoms with van der Waals surface area (Å²) in [4.78, 5) is 15.9. The van der Waals surface area contributed by atoms with Crippen molar-refractivity contribution in [3.8, 4) is 0 Å². The molecular formula is C18H28F2N4O2. The monoisotopic (exact) mass is 370 g/mol. The van der Waals surface area contributed by atoms with Gasteiger partial charge >= 0.3 is 6.03 Å². The van der Waals surface area contributed by atoms with Gasteiger partial charge in [-0.1, -0.05) is 0 Å². The SMILES string of the molecule is CNC(=O)N1CCN(C2COCC(N)C2)C(C)C1.Fc1ccc(F)cc1. The molecule has 0 radical (unpaired) electrons. The summed E-state index contributed by atoms with van der Waals surface area (Å²) in [6.45, 7) is 6.03. The molecule has 146 valence electrons. The van der Waals surface area contributed by atoms with Crippen molar-refractivity contribution in [1.82, 2.24) is 15.1 Å². The lowest BCUT2D eigenvalue weighted by Gasteiger charge is -2.45. The first kappa shape index (κ1) is 20.5. The quantitative estimate of drug-likeness (QED) is 0.784. The molecule has 2 amide bonds. The van der Waals surface area contributed by atoms with Gasteiger partial charge in [-0.2, -0.15) is 0 Å². The van der Waals surface area contributed by atoms with Gasteiger partial charge in [0.25, 0.3) is 0 Å². The molecule has 2 heterocycles. The van der Waals surface area contributed by atoms with Gasteiger partial charge in [0.2, 0.25) is 0 Å². The Morgan fingerprint density at radius 1 is 1.19 bits per heavy atom. The first-order valence-corrected chi connectivity index (χ1v) is 8.87. The van der Waals surface area contributed by atoms with Gasteiger partial charge in [0.05, 0.1) is 13.2 Å². The average molecular weight is 370 g/mol. The number of carbonyl (C=O) groups is 1. The molecule has 2 aliphatic heterocycles. The van der Waals surface area contributed by atoms with Crippen LogP contribution in [0.4, 0.5) is 13.6 Å². The third-order valence-corrected chi connectivity index (χ3v) is 4.67. The third kappa shape index (κ3) is 5.89. The van der Waals surface area contributed by atoms with Gasteiger partial charge in [-0.15, -0.1) is 0 Å². The van der Waals surface area contributed by atoms with Crippen molar-refractivity contribution in [3.63, 3.8) is 0 Å². The minimum atomic E-state index is -0.411. The van der Waals surface area contributed by atoms with Crippen LogP contribution >= 0.6 is 0 Å². The molecule has 2 saturated heterocycles. The lowest BCUT2D eigenvalue weighted by Crippen LogP contribution is -2.60. The maximum atomic E-state index is 11.9. The van der Waals surface area contributed by atoms with Crippen LogP contribution in [-0.4, -0.2) is 73.9 Å². The molecule has 6 nitrogen and oxygen atoms in total. The number of amides is 2. The number of nitrogens with one attached hydrogen (secondary N) is 1. The summed E-state index contributed by atoms with van der Waals surface area (Å²) < 4.78 is 29.4. The van der Waals surface area contributed by atoms with Gasteiger partial charge < -0.3 is 20.7 Å². The number of nitrogens with two attached hydrogens (primary N) is 1. The Bertz CT molecular complexity index is 552. The highest BCUT2D eigenvalue weighted by atomic mass is 19.1. The summed E-state index contributed by atoms with van der Waals surface area (Å²) in [6.07, 6.45) is 0.990. The number of nitrogens with zero attached hydrogens (tertiary/aromatic N) is 2. The molecule has 0 saturated carbocycles. The highest BCUT2D eigenvalue weighted by Crippen LogP contribution is 2.19. The molecule has 3 unspecified atom stereocenters. The maximum absolute atomic E-state index is 11.9. The second-order valence-electron chi connectivity index (χ2n) is 6.71. The van der Waals surface area contributed by atoms with Gasteiger partial charge in [0.1, 0.15) is 11.6 Å². The first-order valence-electron chi connectivity index (χ1n) is 8.87. The van der Waals surface area contributed by atoms with Crippen LogP contribution in [0.1, 0.15) is 13.3 Å². The summed E-state index contributed by atoms with van der Waals surface area (Å²) in [5.41, 5.74) is 5.95. The fourth-order valence-corrected chi connectivity index (χ4v) is 3.36. The Morgan fingerprint density at radius 2 is 1.81 bits per heavy atom. The van der Waals surface area contributed by atoms with Crippen LogP contribution in [0.15, 0.2) is 24.3 Å². The molecule has 8 heteroatoms. The Balaban J connectivity index is 0.000000254. The molecule has 3 N–H and O–H groups in total. The topological polar surface area (TPSA) is 70.8 Å². The van der Waals surface area contributed by atoms with Crippen molar-refractivity contribution in [2.45, 2.75) is 31.5 Å². The zero-order valence-electron chi connectivity index (χ0n) is 15.3. The number of hydrogen-bond donors (Lipinski definition) is 2. The van der Waals surface area contributed by atoms with E-state index in [0.29, 0.717) is 18.7 Å². The minimum absolute atomic E-state index is 0.0121. The highest BCUT2D eigenvalue weighted by molar-refractivity contribution is 5.73. The molecule has 3 rings (SSSR count). The summed E-state index contributed by atoms with van der Waals surface area (Å²) >= 11 is 0. The Labute approximate surface area is 153 Å². The van der Waals surface area contributed by atoms with Gasteiger partial charge in [0, 0.05) is 44.8 Å². The zero-order chi connectivity index (χ0) is 19.1. The molecule has 2 aliphatic rings. The highest BCUT2D eigenvalue weighted by Gasteiger charge is 2.33. The molecule has 0 aliphatic carbocycles. The number of ether oxygens (including phenoxy) is 1. The number of halogens is 2. The second-order valence-corrected chi connectivity index (χ2v) is 6.71. The van der Waals surface area contributed by atoms with Gasteiger partial charge in [-0.3, -0.25) is 4.90 Å². The lowest BCUT2D eigenvalue weighted by atomic mass is 10.0. The maximum Gasteiger partial charge on any atom is 0.317 e. The number of hydrogen-bond acceptors (Lipinski definition) is 4. The number of rotatable bonds is 1. The molecule has 1 aromatic rings. The third-order valence-electron chi connectivity index (χ3n) is 4.67. The van der Waals surface area contributed by atoms with Gasteiger partial charge in [-0.25, -0.2) is 13.6 Å². The smallest absolute Gasteiger partial charge is 0.317 e. The fourth-order valence-electron chi connectivity index (χ4n) is 3.36. The Hall–Kier alpha value is -1.77. The molecule has 3 atom stereocenters. The van der Waals surface area contributed by atoms with E-state index >= 15 is 0 Å². The lowest BCUT2D eigenvalue weighted by molar-refractivity contribution is -0.0252. The summed E-state index contributed by atoms with van der Waals surface area (Å²) in [7, 11) is 1.67. The zero-order valence-corrected chi connectivity index (χ0v) is 15.3. The van der Waals surface area contributed by atoms with E-state index in [1.807, 2.05) is 4.90 Å². The van der Waals surface area contributed by atoms with Crippen molar-refractivity contribution in [2.24, 2.45) is 5.73 Å². The summed E-state index contributed by atoms with van der Waals surface area (Å²) in [6, 6.07) is 5.23. The molecule has 26 heavy (non-hydrogen) atoms. The van der Waals surface area contributed by atoms with E-state index < -0.39 is 11.6 Å². The molecule has 0 spiro atoms. The van der Waals surface area contributed by atoms with Crippen molar-refractivity contribution in [2.75, 3.05) is 39.9 Å². The van der Waals surface area contributed by atoms with Gasteiger partial charge in [-0.05, 0) is 37.6 Å². The van der Waals surface area contributed by atoms with Crippen LogP contribution < -0.4 is 11.1 Å². The summed E-state index contributed by atoms with van der Waals surface area (Å²) in [5, 5.41) is 2.68. The van der Waals surface area contributed by atoms with Crippen molar-refractivity contribution < 1.29 is 18.3 Å². The number of urea groups is 1. The number of piperazine rings is 1. The Kier molecular flexibility index (Phi) is 7.74. The van der Waals surface area contributed by atoms with Crippen LogP contribution in [0, 0.1) is 11.6 Å². The first-order chi connectivity index (χ1) is 12.4. The van der Waals surface area contributed by atoms with Crippen molar-refractivity contribution in [1.29, 1.82) is 0 Å². The number of benzene rings is 1. The van der Waals surface area contributed by atoms with E-state index in [1.54, 1.807) is 7.05 Å². The van der Waals surface area contributed by atoms with E-state index in [1.165, 1.54) is 0 Å². The van der Waals surface area contributed by atoms with E-state index in [-0.39, 0.29) is 12.1 Å². The van der Waals surface area contributed by atoms with Crippen LogP contribution in [0.2, 0.25) is 0 Å². The van der Waals surface area contributed by atoms with Crippen LogP contribution in [-0.2, 0) is 4.74 Å². The van der Waals surface area contributed by atoms with E-state index in [2.05, 4.69) is 17.1 Å². The fraction of sp³-hybridized carbons (Fsp3) is 0.611. The normalized spacial score (nSPS) is 26.7. The van der Waals surface area contributed by atoms with Crippen LogP contribution in [0.3, 0.4) is 0 Å². The van der Waals surface area contributed by atoms with Crippen molar-refractivity contribution in [3.05, 3.63) is 35.9 Å². The van der Waals surface area contributed by atoms with Gasteiger partial charge in [0.15, 0.2) is 0 Å². The molecule has 0 bridgehead atoms. The molecular weight excluding hydrogens is 342 g/mol. The molecule has 0 aromatic heterocycles. The second kappa shape index (κ2) is 9.80. The van der Waals surface area contributed by atoms with E-state index in [9.17, 15) is 13.6 Å². The van der Waals surface area contributed by atoms with E-state index in [4.69, 9.17) is 10.5 Å². The predicted octanol–water partition coefficient (Wildman–Crippen LogP) is 1.41. The Morgan fingerprint density at radius 3 is 2.31 bits per heavy atom. The predicted molar refractivity (Wildman–Crippen MR) is 95.8 cm³/mol. The van der Waals surface area contributed by atoms with Crippen molar-refractivity contribution >= 4 is 6.03 Å². The number of carbonyl (C=O) groups excluding carboxylic acids is 1. The molecule has 1 aromatic carbocycles. The minimum Gasteiger partial charge on any atom is -0.378 e.